The van der Waals surface area contributed by atoms with Crippen molar-refractivity contribution in [2.75, 3.05) is 12.3 Å². The second kappa shape index (κ2) is 5.03. The molecule has 1 atom stereocenters. The minimum atomic E-state index is -3.67. The predicted molar refractivity (Wildman–Crippen MR) is 67.2 cm³/mol. The molecule has 0 unspecified atom stereocenters. The van der Waals surface area contributed by atoms with Crippen molar-refractivity contribution in [3.8, 4) is 0 Å². The molecule has 17 heavy (non-hydrogen) atoms. The average molecular weight is 258 g/mol. The van der Waals surface area contributed by atoms with Crippen LogP contribution >= 0.6 is 0 Å². The monoisotopic (exact) mass is 258 g/mol. The summed E-state index contributed by atoms with van der Waals surface area (Å²) in [5.41, 5.74) is 7.40. The van der Waals surface area contributed by atoms with Gasteiger partial charge in [-0.1, -0.05) is 6.07 Å². The predicted octanol–water partition coefficient (Wildman–Crippen LogP) is 0.545. The first-order valence-electron chi connectivity index (χ1n) is 5.29. The minimum Gasteiger partial charge on any atom is -0.398 e. The quantitative estimate of drug-likeness (QED) is 0.687. The molecule has 0 saturated heterocycles. The molecule has 0 aliphatic carbocycles. The Morgan fingerprint density at radius 2 is 2.00 bits per heavy atom. The van der Waals surface area contributed by atoms with E-state index in [1.165, 1.54) is 6.92 Å². The van der Waals surface area contributed by atoms with Gasteiger partial charge in [0.1, 0.15) is 4.90 Å². The molecule has 4 N–H and O–H groups in total. The van der Waals surface area contributed by atoms with E-state index >= 15 is 0 Å². The second-order valence-electron chi connectivity index (χ2n) is 4.13. The lowest BCUT2D eigenvalue weighted by atomic mass is 10.1. The lowest BCUT2D eigenvalue weighted by Crippen LogP contribution is -2.31. The summed E-state index contributed by atoms with van der Waals surface area (Å²) in [6, 6.07) is 3.34. The van der Waals surface area contributed by atoms with E-state index < -0.39 is 16.1 Å². The molecule has 0 radical (unpaired) electrons. The Bertz CT molecular complexity index is 510. The van der Waals surface area contributed by atoms with Crippen molar-refractivity contribution in [2.24, 2.45) is 0 Å². The van der Waals surface area contributed by atoms with E-state index in [0.717, 1.165) is 5.56 Å². The van der Waals surface area contributed by atoms with Gasteiger partial charge < -0.3 is 10.8 Å². The SMILES string of the molecule is Cc1ccc(N)c(S(=O)(=O)NC[C@H](C)O)c1C. The fourth-order valence-corrected chi connectivity index (χ4v) is 3.02. The van der Waals surface area contributed by atoms with E-state index in [0.29, 0.717) is 5.56 Å². The standard InChI is InChI=1S/C11H18N2O3S/c1-7-4-5-10(12)11(9(7)3)17(15,16)13-6-8(2)14/h4-5,8,13-14H,6,12H2,1-3H3/t8-/m0/s1. The van der Waals surface area contributed by atoms with Gasteiger partial charge in [0, 0.05) is 6.54 Å². The molecule has 0 fully saturated rings. The van der Waals surface area contributed by atoms with Crippen LogP contribution in [0.1, 0.15) is 18.1 Å². The summed E-state index contributed by atoms with van der Waals surface area (Å²) >= 11 is 0. The molecular formula is C11H18N2O3S. The zero-order valence-corrected chi connectivity index (χ0v) is 11.0. The van der Waals surface area contributed by atoms with Crippen molar-refractivity contribution < 1.29 is 13.5 Å². The molecule has 0 bridgehead atoms. The topological polar surface area (TPSA) is 92.4 Å². The van der Waals surface area contributed by atoms with Crippen molar-refractivity contribution in [2.45, 2.75) is 31.8 Å². The number of nitrogen functional groups attached to an aromatic ring is 1. The molecular weight excluding hydrogens is 240 g/mol. The van der Waals surface area contributed by atoms with Crippen molar-refractivity contribution in [3.63, 3.8) is 0 Å². The van der Waals surface area contributed by atoms with Gasteiger partial charge in [0.2, 0.25) is 10.0 Å². The highest BCUT2D eigenvalue weighted by Gasteiger charge is 2.21. The van der Waals surface area contributed by atoms with Crippen LogP contribution in [0.15, 0.2) is 17.0 Å². The summed E-state index contributed by atoms with van der Waals surface area (Å²) in [7, 11) is -3.67. The third-order valence-corrected chi connectivity index (χ3v) is 4.17. The number of anilines is 1. The van der Waals surface area contributed by atoms with Crippen LogP contribution in [0.4, 0.5) is 5.69 Å². The molecule has 0 amide bonds. The van der Waals surface area contributed by atoms with Crippen LogP contribution in [-0.2, 0) is 10.0 Å². The number of hydrogen-bond acceptors (Lipinski definition) is 4. The smallest absolute Gasteiger partial charge is 0.242 e. The molecule has 0 saturated carbocycles. The first-order chi connectivity index (χ1) is 7.75. The normalized spacial score (nSPS) is 13.6. The number of nitrogens with two attached hydrogens (primary N) is 1. The second-order valence-corrected chi connectivity index (χ2v) is 5.83. The zero-order chi connectivity index (χ0) is 13.2. The Balaban J connectivity index is 3.19. The zero-order valence-electron chi connectivity index (χ0n) is 10.2. The van der Waals surface area contributed by atoms with Crippen molar-refractivity contribution >= 4 is 15.7 Å². The van der Waals surface area contributed by atoms with Crippen LogP contribution in [-0.4, -0.2) is 26.2 Å². The van der Waals surface area contributed by atoms with E-state index in [1.54, 1.807) is 19.1 Å². The molecule has 6 heteroatoms. The molecule has 0 heterocycles. The molecule has 0 aromatic heterocycles. The highest BCUT2D eigenvalue weighted by Crippen LogP contribution is 2.24. The van der Waals surface area contributed by atoms with Crippen molar-refractivity contribution in [1.82, 2.24) is 4.72 Å². The third-order valence-electron chi connectivity index (χ3n) is 2.54. The fourth-order valence-electron chi connectivity index (χ4n) is 1.47. The van der Waals surface area contributed by atoms with E-state index in [-0.39, 0.29) is 17.1 Å². The molecule has 0 spiro atoms. The van der Waals surface area contributed by atoms with E-state index in [9.17, 15) is 8.42 Å². The summed E-state index contributed by atoms with van der Waals surface area (Å²) in [5, 5.41) is 9.10. The Hall–Kier alpha value is -1.11. The molecule has 0 aliphatic rings. The van der Waals surface area contributed by atoms with Gasteiger partial charge in [-0.25, -0.2) is 13.1 Å². The van der Waals surface area contributed by atoms with Crippen molar-refractivity contribution in [3.05, 3.63) is 23.3 Å². The molecule has 1 aromatic carbocycles. The number of aliphatic hydroxyl groups excluding tert-OH is 1. The van der Waals surface area contributed by atoms with Gasteiger partial charge in [0.15, 0.2) is 0 Å². The lowest BCUT2D eigenvalue weighted by molar-refractivity contribution is 0.198. The largest absolute Gasteiger partial charge is 0.398 e. The van der Waals surface area contributed by atoms with Crippen LogP contribution in [0.3, 0.4) is 0 Å². The maximum atomic E-state index is 12.0. The Kier molecular flexibility index (Phi) is 4.13. The van der Waals surface area contributed by atoms with Crippen LogP contribution in [0.25, 0.3) is 0 Å². The average Bonchev–Trinajstić information content (AvgIpc) is 2.21. The maximum Gasteiger partial charge on any atom is 0.242 e. The van der Waals surface area contributed by atoms with Gasteiger partial charge in [0.05, 0.1) is 11.8 Å². The Labute approximate surface area is 102 Å². The number of aryl methyl sites for hydroxylation is 1. The lowest BCUT2D eigenvalue weighted by Gasteiger charge is -2.14. The number of aliphatic hydroxyl groups is 1. The number of sulfonamides is 1. The molecule has 1 rings (SSSR count). The molecule has 1 aromatic rings. The van der Waals surface area contributed by atoms with Crippen LogP contribution in [0.2, 0.25) is 0 Å². The molecule has 5 nitrogen and oxygen atoms in total. The minimum absolute atomic E-state index is 0.0326. The molecule has 96 valence electrons. The van der Waals surface area contributed by atoms with Gasteiger partial charge in [-0.05, 0) is 38.0 Å². The molecule has 0 aliphatic heterocycles. The van der Waals surface area contributed by atoms with Gasteiger partial charge >= 0.3 is 0 Å². The highest BCUT2D eigenvalue weighted by molar-refractivity contribution is 7.89. The summed E-state index contributed by atoms with van der Waals surface area (Å²) in [4.78, 5) is 0.0955. The van der Waals surface area contributed by atoms with Gasteiger partial charge in [0.25, 0.3) is 0 Å². The number of nitrogens with one attached hydrogen (secondary N) is 1. The first-order valence-corrected chi connectivity index (χ1v) is 6.77. The Morgan fingerprint density at radius 1 is 1.41 bits per heavy atom. The van der Waals surface area contributed by atoms with E-state index in [2.05, 4.69) is 4.72 Å². The van der Waals surface area contributed by atoms with Gasteiger partial charge in [-0.2, -0.15) is 0 Å². The van der Waals surface area contributed by atoms with Crippen LogP contribution in [0, 0.1) is 13.8 Å². The Morgan fingerprint density at radius 3 is 2.53 bits per heavy atom. The highest BCUT2D eigenvalue weighted by atomic mass is 32.2. The third kappa shape index (κ3) is 3.18. The van der Waals surface area contributed by atoms with Crippen molar-refractivity contribution in [1.29, 1.82) is 0 Å². The first kappa shape index (κ1) is 14.0. The summed E-state index contributed by atoms with van der Waals surface area (Å²) in [5.74, 6) is 0. The number of rotatable bonds is 4. The van der Waals surface area contributed by atoms with Crippen LogP contribution in [0.5, 0.6) is 0 Å². The maximum absolute atomic E-state index is 12.0. The van der Waals surface area contributed by atoms with Gasteiger partial charge in [-0.3, -0.25) is 0 Å². The van der Waals surface area contributed by atoms with Crippen LogP contribution < -0.4 is 10.5 Å². The number of benzene rings is 1. The fraction of sp³-hybridized carbons (Fsp3) is 0.455. The summed E-state index contributed by atoms with van der Waals surface area (Å²) < 4.78 is 26.4. The van der Waals surface area contributed by atoms with E-state index in [4.69, 9.17) is 10.8 Å². The van der Waals surface area contributed by atoms with E-state index in [1.807, 2.05) is 6.92 Å². The number of hydrogen-bond donors (Lipinski definition) is 3. The summed E-state index contributed by atoms with van der Waals surface area (Å²) in [6.45, 7) is 5.01. The summed E-state index contributed by atoms with van der Waals surface area (Å²) in [6.07, 6.45) is -0.740. The van der Waals surface area contributed by atoms with Gasteiger partial charge in [-0.15, -0.1) is 0 Å².